The first-order valence-electron chi connectivity index (χ1n) is 6.64. The van der Waals surface area contributed by atoms with Crippen LogP contribution in [0.25, 0.3) is 0 Å². The average molecular weight is 259 g/mol. The monoisotopic (exact) mass is 258 g/mol. The van der Waals surface area contributed by atoms with Crippen LogP contribution >= 0.6 is 11.6 Å². The Morgan fingerprint density at radius 1 is 1.29 bits per heavy atom. The van der Waals surface area contributed by atoms with E-state index in [0.717, 1.165) is 19.5 Å². The molecular formula is C13H23ClN2O. The van der Waals surface area contributed by atoms with Gasteiger partial charge >= 0.3 is 0 Å². The number of alkyl halides is 1. The van der Waals surface area contributed by atoms with E-state index in [0.29, 0.717) is 11.9 Å². The quantitative estimate of drug-likeness (QED) is 0.723. The highest BCUT2D eigenvalue weighted by molar-refractivity contribution is 6.19. The van der Waals surface area contributed by atoms with Crippen LogP contribution in [0.15, 0.2) is 0 Å². The van der Waals surface area contributed by atoms with E-state index in [1.165, 1.54) is 25.9 Å². The van der Waals surface area contributed by atoms with Gasteiger partial charge in [-0.2, -0.15) is 0 Å². The molecule has 1 unspecified atom stereocenters. The largest absolute Gasteiger partial charge is 0.341 e. The summed E-state index contributed by atoms with van der Waals surface area (Å²) in [4.78, 5) is 16.8. The second-order valence-electron chi connectivity index (χ2n) is 5.95. The lowest BCUT2D eigenvalue weighted by atomic mass is 9.94. The summed E-state index contributed by atoms with van der Waals surface area (Å²) in [5, 5.41) is 0. The Kier molecular flexibility index (Phi) is 3.99. The Hall–Kier alpha value is -0.280. The van der Waals surface area contributed by atoms with Crippen LogP contribution in [0, 0.1) is 5.41 Å². The van der Waals surface area contributed by atoms with Gasteiger partial charge in [0, 0.05) is 25.0 Å². The molecule has 2 rings (SSSR count). The third kappa shape index (κ3) is 2.76. The number of rotatable bonds is 3. The van der Waals surface area contributed by atoms with Crippen molar-refractivity contribution in [1.82, 2.24) is 9.80 Å². The Balaban J connectivity index is 1.91. The zero-order valence-corrected chi connectivity index (χ0v) is 11.7. The molecule has 17 heavy (non-hydrogen) atoms. The lowest BCUT2D eigenvalue weighted by Crippen LogP contribution is -2.43. The molecule has 98 valence electrons. The summed E-state index contributed by atoms with van der Waals surface area (Å²) >= 11 is 5.87. The molecular weight excluding hydrogens is 236 g/mol. The number of hydrogen-bond acceptors (Lipinski definition) is 2. The molecule has 0 radical (unpaired) electrons. The second kappa shape index (κ2) is 5.15. The number of halogens is 1. The van der Waals surface area contributed by atoms with E-state index >= 15 is 0 Å². The number of hydrogen-bond donors (Lipinski definition) is 0. The molecule has 0 saturated carbocycles. The Labute approximate surface area is 109 Å². The molecule has 0 spiro atoms. The second-order valence-corrected chi connectivity index (χ2v) is 6.22. The third-order valence-corrected chi connectivity index (χ3v) is 4.69. The minimum Gasteiger partial charge on any atom is -0.341 e. The summed E-state index contributed by atoms with van der Waals surface area (Å²) in [6.45, 7) is 8.10. The molecule has 4 heteroatoms. The van der Waals surface area contributed by atoms with E-state index in [-0.39, 0.29) is 5.91 Å². The summed E-state index contributed by atoms with van der Waals surface area (Å²) in [5.41, 5.74) is -0.415. The van der Waals surface area contributed by atoms with E-state index in [1.807, 2.05) is 18.7 Å². The molecule has 0 aliphatic carbocycles. The molecule has 2 aliphatic heterocycles. The van der Waals surface area contributed by atoms with Gasteiger partial charge in [0.05, 0.1) is 5.41 Å². The summed E-state index contributed by atoms with van der Waals surface area (Å²) in [5.74, 6) is 0.616. The van der Waals surface area contributed by atoms with Crippen molar-refractivity contribution in [1.29, 1.82) is 0 Å². The maximum atomic E-state index is 12.3. The number of nitrogens with zero attached hydrogens (tertiary/aromatic N) is 2. The van der Waals surface area contributed by atoms with Crippen LogP contribution in [0.3, 0.4) is 0 Å². The van der Waals surface area contributed by atoms with Crippen LogP contribution in [-0.2, 0) is 4.79 Å². The fraction of sp³-hybridized carbons (Fsp3) is 0.923. The van der Waals surface area contributed by atoms with Crippen molar-refractivity contribution in [3.63, 3.8) is 0 Å². The number of carbonyl (C=O) groups excluding carboxylic acids is 1. The van der Waals surface area contributed by atoms with Crippen LogP contribution in [-0.4, -0.2) is 53.8 Å². The van der Waals surface area contributed by atoms with E-state index in [9.17, 15) is 4.79 Å². The zero-order valence-electron chi connectivity index (χ0n) is 10.9. The molecule has 1 amide bonds. The fourth-order valence-corrected chi connectivity index (χ4v) is 2.93. The van der Waals surface area contributed by atoms with E-state index in [2.05, 4.69) is 4.90 Å². The summed E-state index contributed by atoms with van der Waals surface area (Å²) in [6, 6.07) is 0.590. The lowest BCUT2D eigenvalue weighted by Gasteiger charge is -2.28. The molecule has 2 fully saturated rings. The number of likely N-dealkylation sites (tertiary alicyclic amines) is 2. The van der Waals surface area contributed by atoms with Gasteiger partial charge in [-0.25, -0.2) is 0 Å². The van der Waals surface area contributed by atoms with Gasteiger partial charge in [0.1, 0.15) is 0 Å². The van der Waals surface area contributed by atoms with Gasteiger partial charge in [0.15, 0.2) is 0 Å². The highest BCUT2D eigenvalue weighted by Gasteiger charge is 2.37. The zero-order chi connectivity index (χ0) is 12.5. The van der Waals surface area contributed by atoms with Crippen molar-refractivity contribution in [3.05, 3.63) is 0 Å². The lowest BCUT2D eigenvalue weighted by molar-refractivity contribution is -0.138. The topological polar surface area (TPSA) is 23.6 Å². The Morgan fingerprint density at radius 2 is 1.94 bits per heavy atom. The van der Waals surface area contributed by atoms with Gasteiger partial charge in [-0.1, -0.05) is 0 Å². The smallest absolute Gasteiger partial charge is 0.229 e. The first-order chi connectivity index (χ1) is 8.04. The van der Waals surface area contributed by atoms with Gasteiger partial charge in [-0.3, -0.25) is 9.69 Å². The van der Waals surface area contributed by atoms with Crippen molar-refractivity contribution in [2.75, 3.05) is 32.1 Å². The van der Waals surface area contributed by atoms with Crippen LogP contribution < -0.4 is 0 Å². The van der Waals surface area contributed by atoms with Crippen LogP contribution in [0.2, 0.25) is 0 Å². The highest BCUT2D eigenvalue weighted by Crippen LogP contribution is 2.26. The standard InChI is InChI=1S/C13H23ClN2O/c1-13(2,10-14)12(17)16-8-5-11(9-16)15-6-3-4-7-15/h11H,3-10H2,1-2H3. The summed E-state index contributed by atoms with van der Waals surface area (Å²) in [7, 11) is 0. The Morgan fingerprint density at radius 3 is 2.53 bits per heavy atom. The van der Waals surface area contributed by atoms with E-state index < -0.39 is 5.41 Å². The average Bonchev–Trinajstić information content (AvgIpc) is 2.98. The van der Waals surface area contributed by atoms with Gasteiger partial charge in [-0.05, 0) is 46.2 Å². The molecule has 1 atom stereocenters. The first kappa shape index (κ1) is 13.2. The van der Waals surface area contributed by atoms with E-state index in [1.54, 1.807) is 0 Å². The maximum Gasteiger partial charge on any atom is 0.229 e. The summed E-state index contributed by atoms with van der Waals surface area (Å²) < 4.78 is 0. The number of carbonyl (C=O) groups is 1. The predicted molar refractivity (Wildman–Crippen MR) is 70.3 cm³/mol. The molecule has 2 aliphatic rings. The SMILES string of the molecule is CC(C)(CCl)C(=O)N1CCC(N2CCCC2)C1. The van der Waals surface area contributed by atoms with Crippen LogP contribution in [0.5, 0.6) is 0 Å². The van der Waals surface area contributed by atoms with Crippen molar-refractivity contribution in [2.45, 2.75) is 39.2 Å². The summed E-state index contributed by atoms with van der Waals surface area (Å²) in [6.07, 6.45) is 3.76. The normalized spacial score (nSPS) is 26.8. The number of amides is 1. The minimum atomic E-state index is -0.415. The first-order valence-corrected chi connectivity index (χ1v) is 7.17. The van der Waals surface area contributed by atoms with Crippen molar-refractivity contribution < 1.29 is 4.79 Å². The van der Waals surface area contributed by atoms with Gasteiger partial charge < -0.3 is 4.90 Å². The van der Waals surface area contributed by atoms with Crippen molar-refractivity contribution in [2.24, 2.45) is 5.41 Å². The van der Waals surface area contributed by atoms with Gasteiger partial charge in [0.25, 0.3) is 0 Å². The highest BCUT2D eigenvalue weighted by atomic mass is 35.5. The molecule has 3 nitrogen and oxygen atoms in total. The van der Waals surface area contributed by atoms with Crippen LogP contribution in [0.1, 0.15) is 33.1 Å². The maximum absolute atomic E-state index is 12.3. The predicted octanol–water partition coefficient (Wildman–Crippen LogP) is 1.95. The third-order valence-electron chi connectivity index (χ3n) is 4.02. The molecule has 0 bridgehead atoms. The molecule has 0 aromatic heterocycles. The molecule has 2 saturated heterocycles. The van der Waals surface area contributed by atoms with Crippen molar-refractivity contribution >= 4 is 17.5 Å². The fourth-order valence-electron chi connectivity index (χ4n) is 2.82. The molecule has 2 heterocycles. The minimum absolute atomic E-state index is 0.217. The molecule has 0 aromatic rings. The van der Waals surface area contributed by atoms with Gasteiger partial charge in [0.2, 0.25) is 5.91 Å². The van der Waals surface area contributed by atoms with E-state index in [4.69, 9.17) is 11.6 Å². The Bertz CT molecular complexity index is 287. The molecule has 0 N–H and O–H groups in total. The van der Waals surface area contributed by atoms with Crippen LogP contribution in [0.4, 0.5) is 0 Å². The molecule has 0 aromatic carbocycles. The van der Waals surface area contributed by atoms with Crippen molar-refractivity contribution in [3.8, 4) is 0 Å². The van der Waals surface area contributed by atoms with Gasteiger partial charge in [-0.15, -0.1) is 11.6 Å².